The first-order valence-corrected chi connectivity index (χ1v) is 22.5. The molecule has 63 heavy (non-hydrogen) atoms. The normalized spacial score (nSPS) is 15.0. The lowest BCUT2D eigenvalue weighted by atomic mass is 9.85. The van der Waals surface area contributed by atoms with Crippen LogP contribution in [0.4, 0.5) is 11.4 Å². The van der Waals surface area contributed by atoms with Gasteiger partial charge in [-0.25, -0.2) is 0 Å². The van der Waals surface area contributed by atoms with Crippen molar-refractivity contribution in [3.8, 4) is 27.9 Å². The van der Waals surface area contributed by atoms with Crippen LogP contribution in [0.1, 0.15) is 44.2 Å². The van der Waals surface area contributed by atoms with E-state index in [4.69, 9.17) is 0 Å². The highest BCUT2D eigenvalue weighted by Crippen LogP contribution is 2.46. The van der Waals surface area contributed by atoms with Gasteiger partial charge in [-0.15, -0.1) is 0 Å². The lowest BCUT2D eigenvalue weighted by Gasteiger charge is -2.42. The Morgan fingerprint density at radius 2 is 1.00 bits per heavy atom. The van der Waals surface area contributed by atoms with Gasteiger partial charge >= 0.3 is 0 Å². The van der Waals surface area contributed by atoms with Crippen molar-refractivity contribution in [1.82, 2.24) is 4.57 Å². The standard InChI is InChI=1S/C61H50N2/c1-3-4-18-43-29-35-57-55(41-43)56-42-47(32-36-58(56)62(57)48-21-10-6-11-22-48)44-37-39-61(2,40-38-44)63(49-23-12-7-13-24-49)50-33-30-46(31-34-50)60-53-27-16-14-25-51(53)59(45-19-8-5-9-20-45)52-26-15-17-28-54(52)60/h5-17,19-39,41-42H,3-4,18,40H2,1-2H3. The van der Waals surface area contributed by atoms with Crippen LogP contribution in [0.15, 0.2) is 218 Å². The third-order valence-electron chi connectivity index (χ3n) is 13.3. The van der Waals surface area contributed by atoms with Crippen molar-refractivity contribution in [3.63, 3.8) is 0 Å². The minimum absolute atomic E-state index is 0.301. The molecule has 2 heteroatoms. The smallest absolute Gasteiger partial charge is 0.0643 e. The number of anilines is 2. The van der Waals surface area contributed by atoms with Crippen molar-refractivity contribution in [3.05, 3.63) is 230 Å². The number of rotatable bonds is 10. The summed E-state index contributed by atoms with van der Waals surface area (Å²) in [5.41, 5.74) is 14.7. The number of allylic oxidation sites excluding steroid dienone is 2. The Hall–Kier alpha value is -7.42. The van der Waals surface area contributed by atoms with Crippen LogP contribution in [0.25, 0.3) is 76.9 Å². The third-order valence-corrected chi connectivity index (χ3v) is 13.3. The monoisotopic (exact) mass is 810 g/mol. The van der Waals surface area contributed by atoms with Crippen LogP contribution in [0, 0.1) is 0 Å². The molecule has 10 aromatic rings. The van der Waals surface area contributed by atoms with Crippen molar-refractivity contribution in [2.45, 2.75) is 45.1 Å². The molecule has 304 valence electrons. The summed E-state index contributed by atoms with van der Waals surface area (Å²) in [6, 6.07) is 73.7. The predicted molar refractivity (Wildman–Crippen MR) is 270 cm³/mol. The van der Waals surface area contributed by atoms with Gasteiger partial charge in [-0.1, -0.05) is 171 Å². The average molecular weight is 811 g/mol. The molecular weight excluding hydrogens is 761 g/mol. The molecule has 9 aromatic carbocycles. The van der Waals surface area contributed by atoms with E-state index >= 15 is 0 Å². The molecule has 0 saturated carbocycles. The van der Waals surface area contributed by atoms with Crippen molar-refractivity contribution < 1.29 is 0 Å². The Bertz CT molecular complexity index is 3280. The number of aromatic nitrogens is 1. The van der Waals surface area contributed by atoms with Crippen LogP contribution in [-0.2, 0) is 6.42 Å². The van der Waals surface area contributed by atoms with Crippen LogP contribution in [0.2, 0.25) is 0 Å². The molecule has 2 nitrogen and oxygen atoms in total. The van der Waals surface area contributed by atoms with Gasteiger partial charge in [-0.05, 0) is 147 Å². The van der Waals surface area contributed by atoms with E-state index in [0.29, 0.717) is 0 Å². The lowest BCUT2D eigenvalue weighted by molar-refractivity contribution is 0.571. The van der Waals surface area contributed by atoms with Crippen molar-refractivity contribution in [1.29, 1.82) is 0 Å². The predicted octanol–water partition coefficient (Wildman–Crippen LogP) is 16.7. The van der Waals surface area contributed by atoms with Gasteiger partial charge in [0.1, 0.15) is 0 Å². The molecule has 1 unspecified atom stereocenters. The maximum absolute atomic E-state index is 2.52. The van der Waals surface area contributed by atoms with Gasteiger partial charge in [-0.3, -0.25) is 0 Å². The minimum Gasteiger partial charge on any atom is -0.332 e. The van der Waals surface area contributed by atoms with E-state index in [1.165, 1.54) is 107 Å². The maximum Gasteiger partial charge on any atom is 0.0643 e. The molecule has 0 saturated heterocycles. The second-order valence-corrected chi connectivity index (χ2v) is 17.3. The van der Waals surface area contributed by atoms with Crippen LogP contribution in [0.3, 0.4) is 0 Å². The molecule has 1 aliphatic carbocycles. The molecule has 0 amide bonds. The number of benzene rings is 9. The highest BCUT2D eigenvalue weighted by Gasteiger charge is 2.32. The zero-order chi connectivity index (χ0) is 42.3. The summed E-state index contributed by atoms with van der Waals surface area (Å²) in [5.74, 6) is 0. The molecule has 0 radical (unpaired) electrons. The topological polar surface area (TPSA) is 8.17 Å². The molecule has 0 aliphatic heterocycles. The number of para-hydroxylation sites is 2. The second-order valence-electron chi connectivity index (χ2n) is 17.3. The zero-order valence-corrected chi connectivity index (χ0v) is 36.0. The highest BCUT2D eigenvalue weighted by molar-refractivity contribution is 6.21. The summed E-state index contributed by atoms with van der Waals surface area (Å²) in [5, 5.41) is 7.69. The molecular formula is C61H50N2. The highest BCUT2D eigenvalue weighted by atomic mass is 15.2. The zero-order valence-electron chi connectivity index (χ0n) is 36.0. The quantitative estimate of drug-likeness (QED) is 0.125. The van der Waals surface area contributed by atoms with Crippen molar-refractivity contribution in [2.75, 3.05) is 4.90 Å². The summed E-state index contributed by atoms with van der Waals surface area (Å²) in [7, 11) is 0. The Kier molecular flexibility index (Phi) is 9.85. The molecule has 0 N–H and O–H groups in total. The van der Waals surface area contributed by atoms with Crippen molar-refractivity contribution in [2.24, 2.45) is 0 Å². The number of aryl methyl sites for hydroxylation is 1. The second kappa shape index (κ2) is 16.1. The summed E-state index contributed by atoms with van der Waals surface area (Å²) in [4.78, 5) is 2.52. The Morgan fingerprint density at radius 1 is 0.492 bits per heavy atom. The van der Waals surface area contributed by atoms with Gasteiger partial charge in [0, 0.05) is 27.8 Å². The number of fused-ring (bicyclic) bond motifs is 5. The largest absolute Gasteiger partial charge is 0.332 e. The van der Waals surface area contributed by atoms with Crippen LogP contribution >= 0.6 is 0 Å². The molecule has 0 fully saturated rings. The Labute approximate surface area is 370 Å². The van der Waals surface area contributed by atoms with E-state index in [2.05, 4.69) is 242 Å². The van der Waals surface area contributed by atoms with E-state index in [-0.39, 0.29) is 5.54 Å². The molecule has 1 atom stereocenters. The molecule has 0 spiro atoms. The van der Waals surface area contributed by atoms with Gasteiger partial charge in [0.2, 0.25) is 0 Å². The van der Waals surface area contributed by atoms with Gasteiger partial charge in [0.05, 0.1) is 16.6 Å². The summed E-state index contributed by atoms with van der Waals surface area (Å²) >= 11 is 0. The van der Waals surface area contributed by atoms with Gasteiger partial charge in [0.15, 0.2) is 0 Å². The first-order valence-electron chi connectivity index (χ1n) is 22.5. The van der Waals surface area contributed by atoms with Gasteiger partial charge in [0.25, 0.3) is 0 Å². The lowest BCUT2D eigenvalue weighted by Crippen LogP contribution is -2.42. The molecule has 0 bridgehead atoms. The average Bonchev–Trinajstić information content (AvgIpc) is 3.67. The summed E-state index contributed by atoms with van der Waals surface area (Å²) in [6.07, 6.45) is 11.6. The fraction of sp³-hybridized carbons (Fsp3) is 0.115. The summed E-state index contributed by atoms with van der Waals surface area (Å²) < 4.78 is 2.42. The Morgan fingerprint density at radius 3 is 1.59 bits per heavy atom. The van der Waals surface area contributed by atoms with Gasteiger partial charge < -0.3 is 9.47 Å². The van der Waals surface area contributed by atoms with Crippen LogP contribution < -0.4 is 4.90 Å². The van der Waals surface area contributed by atoms with Crippen LogP contribution in [-0.4, -0.2) is 10.1 Å². The van der Waals surface area contributed by atoms with E-state index in [0.717, 1.165) is 18.5 Å². The Balaban J connectivity index is 0.967. The number of nitrogens with zero attached hydrogens (tertiary/aromatic N) is 2. The maximum atomic E-state index is 2.52. The fourth-order valence-corrected chi connectivity index (χ4v) is 10.2. The van der Waals surface area contributed by atoms with E-state index < -0.39 is 0 Å². The fourth-order valence-electron chi connectivity index (χ4n) is 10.2. The van der Waals surface area contributed by atoms with Crippen LogP contribution in [0.5, 0.6) is 0 Å². The van der Waals surface area contributed by atoms with E-state index in [9.17, 15) is 0 Å². The SMILES string of the molecule is CCCCc1ccc2c(c1)c1cc(C3=CCC(C)(N(c4ccccc4)c4ccc(-c5c6ccccc6c(-c6ccccc6)c6ccccc56)cc4)C=C3)ccc1n2-c1ccccc1. The molecule has 1 aromatic heterocycles. The summed E-state index contributed by atoms with van der Waals surface area (Å²) in [6.45, 7) is 4.64. The third kappa shape index (κ3) is 6.84. The number of unbranched alkanes of at least 4 members (excludes halogenated alkanes) is 1. The van der Waals surface area contributed by atoms with Gasteiger partial charge in [-0.2, -0.15) is 0 Å². The first kappa shape index (κ1) is 38.5. The van der Waals surface area contributed by atoms with E-state index in [1.54, 1.807) is 0 Å². The molecule has 1 aliphatic rings. The first-order chi connectivity index (χ1) is 31.1. The molecule has 11 rings (SSSR count). The molecule has 1 heterocycles. The van der Waals surface area contributed by atoms with E-state index in [1.807, 2.05) is 0 Å². The number of hydrogen-bond acceptors (Lipinski definition) is 1. The minimum atomic E-state index is -0.301. The number of hydrogen-bond donors (Lipinski definition) is 0. The van der Waals surface area contributed by atoms with Crippen molar-refractivity contribution >= 4 is 60.3 Å².